The van der Waals surface area contributed by atoms with E-state index in [4.69, 9.17) is 4.74 Å². The van der Waals surface area contributed by atoms with E-state index in [1.165, 1.54) is 19.5 Å². The molecule has 3 heterocycles. The molecule has 0 aliphatic heterocycles. The highest BCUT2D eigenvalue weighted by Gasteiger charge is 2.22. The molecular formula is C14H12N4O3S. The van der Waals surface area contributed by atoms with Gasteiger partial charge in [0.25, 0.3) is 0 Å². The number of carbonyl (C=O) groups is 1. The predicted molar refractivity (Wildman–Crippen MR) is 81.6 cm³/mol. The van der Waals surface area contributed by atoms with Crippen LogP contribution in [0.2, 0.25) is 0 Å². The average Bonchev–Trinajstić information content (AvgIpc) is 2.93. The normalized spacial score (nSPS) is 12.1. The van der Waals surface area contributed by atoms with Crippen LogP contribution < -0.4 is 5.32 Å². The molecule has 0 amide bonds. The maximum absolute atomic E-state index is 11.9. The number of aromatic nitrogens is 3. The molecule has 112 valence electrons. The molecular weight excluding hydrogens is 304 g/mol. The number of rotatable bonds is 4. The van der Waals surface area contributed by atoms with Gasteiger partial charge in [-0.2, -0.15) is 0 Å². The van der Waals surface area contributed by atoms with Crippen LogP contribution in [0.3, 0.4) is 0 Å². The number of hydrogen-bond donors (Lipinski definition) is 2. The Kier molecular flexibility index (Phi) is 3.94. The molecule has 0 aliphatic rings. The Bertz CT molecular complexity index is 806. The Morgan fingerprint density at radius 1 is 1.36 bits per heavy atom. The molecule has 0 bridgehead atoms. The Morgan fingerprint density at radius 2 is 2.18 bits per heavy atom. The molecule has 0 saturated carbocycles. The number of hydrogen-bond acceptors (Lipinski definition) is 8. The van der Waals surface area contributed by atoms with E-state index >= 15 is 0 Å². The Labute approximate surface area is 129 Å². The van der Waals surface area contributed by atoms with Crippen molar-refractivity contribution < 1.29 is 14.6 Å². The van der Waals surface area contributed by atoms with Crippen molar-refractivity contribution in [2.45, 2.75) is 6.23 Å². The highest BCUT2D eigenvalue weighted by Crippen LogP contribution is 2.35. The molecule has 3 aromatic rings. The minimum Gasteiger partial charge on any atom is -0.465 e. The third-order valence-corrected chi connectivity index (χ3v) is 4.05. The average molecular weight is 316 g/mol. The number of carbonyl (C=O) groups excluding carboxylic acids is 1. The molecule has 0 saturated heterocycles. The van der Waals surface area contributed by atoms with Crippen molar-refractivity contribution in [1.29, 1.82) is 0 Å². The number of nitrogens with zero attached hydrogens (tertiary/aromatic N) is 3. The zero-order valence-electron chi connectivity index (χ0n) is 11.6. The van der Waals surface area contributed by atoms with Crippen LogP contribution in [-0.2, 0) is 4.74 Å². The summed E-state index contributed by atoms with van der Waals surface area (Å²) in [7, 11) is 1.30. The highest BCUT2D eigenvalue weighted by molar-refractivity contribution is 7.21. The van der Waals surface area contributed by atoms with Crippen LogP contribution in [0.4, 0.5) is 5.69 Å². The van der Waals surface area contributed by atoms with Crippen LogP contribution in [0, 0.1) is 0 Å². The lowest BCUT2D eigenvalue weighted by molar-refractivity contribution is 0.0607. The van der Waals surface area contributed by atoms with Crippen LogP contribution in [0.5, 0.6) is 0 Å². The molecule has 0 spiro atoms. The number of aliphatic hydroxyl groups is 1. The maximum atomic E-state index is 11.9. The van der Waals surface area contributed by atoms with E-state index in [2.05, 4.69) is 20.3 Å². The number of aliphatic hydroxyl groups excluding tert-OH is 1. The third-order valence-electron chi connectivity index (χ3n) is 2.98. The second-order valence-electron chi connectivity index (χ2n) is 4.34. The molecule has 1 atom stereocenters. The number of anilines is 1. The number of esters is 1. The van der Waals surface area contributed by atoms with E-state index in [-0.39, 0.29) is 0 Å². The van der Waals surface area contributed by atoms with E-state index in [1.807, 2.05) is 0 Å². The van der Waals surface area contributed by atoms with Crippen molar-refractivity contribution >= 4 is 33.3 Å². The van der Waals surface area contributed by atoms with Crippen molar-refractivity contribution in [3.63, 3.8) is 0 Å². The first-order chi connectivity index (χ1) is 10.7. The number of methoxy groups -OCH3 is 1. The Morgan fingerprint density at radius 3 is 2.91 bits per heavy atom. The zero-order valence-corrected chi connectivity index (χ0v) is 12.4. The minimum absolute atomic E-state index is 0.312. The van der Waals surface area contributed by atoms with Crippen molar-refractivity contribution in [3.8, 4) is 0 Å². The van der Waals surface area contributed by atoms with Crippen LogP contribution in [0.1, 0.15) is 21.5 Å². The summed E-state index contributed by atoms with van der Waals surface area (Å²) in [6.45, 7) is 0. The van der Waals surface area contributed by atoms with Crippen LogP contribution >= 0.6 is 11.3 Å². The quantitative estimate of drug-likeness (QED) is 0.561. The summed E-state index contributed by atoms with van der Waals surface area (Å²) >= 11 is 1.16. The molecule has 3 rings (SSSR count). The van der Waals surface area contributed by atoms with Crippen molar-refractivity contribution in [1.82, 2.24) is 15.0 Å². The molecule has 0 aromatic carbocycles. The fourth-order valence-electron chi connectivity index (χ4n) is 1.95. The number of fused-ring (bicyclic) bond motifs is 1. The SMILES string of the molecule is COC(=O)c1sc2nccnc2c1NC(O)c1cccnc1. The summed E-state index contributed by atoms with van der Waals surface area (Å²) in [5, 5.41) is 13.2. The molecule has 7 nitrogen and oxygen atoms in total. The first-order valence-electron chi connectivity index (χ1n) is 6.37. The standard InChI is InChI=1S/C14H12N4O3S/c1-21-14(20)11-9(10-13(22-11)17-6-5-16-10)18-12(19)8-3-2-4-15-7-8/h2-7,12,18-19H,1H3. The second-order valence-corrected chi connectivity index (χ2v) is 5.34. The largest absolute Gasteiger partial charge is 0.465 e. The van der Waals surface area contributed by atoms with Gasteiger partial charge in [-0.25, -0.2) is 14.8 Å². The van der Waals surface area contributed by atoms with Gasteiger partial charge in [-0.15, -0.1) is 11.3 Å². The van der Waals surface area contributed by atoms with Gasteiger partial charge in [0.05, 0.1) is 12.8 Å². The molecule has 22 heavy (non-hydrogen) atoms. The molecule has 1 unspecified atom stereocenters. The van der Waals surface area contributed by atoms with Gasteiger partial charge in [0.1, 0.15) is 15.2 Å². The van der Waals surface area contributed by atoms with Crippen LogP contribution in [-0.4, -0.2) is 33.1 Å². The van der Waals surface area contributed by atoms with Gasteiger partial charge >= 0.3 is 5.97 Å². The van der Waals surface area contributed by atoms with Gasteiger partial charge in [0.2, 0.25) is 0 Å². The van der Waals surface area contributed by atoms with Crippen LogP contribution in [0.25, 0.3) is 10.3 Å². The Hall–Kier alpha value is -2.58. The fraction of sp³-hybridized carbons (Fsp3) is 0.143. The van der Waals surface area contributed by atoms with E-state index in [9.17, 15) is 9.90 Å². The van der Waals surface area contributed by atoms with Gasteiger partial charge in [-0.3, -0.25) is 4.98 Å². The van der Waals surface area contributed by atoms with Crippen LogP contribution in [0.15, 0.2) is 36.9 Å². The second kappa shape index (κ2) is 6.04. The molecule has 2 N–H and O–H groups in total. The van der Waals surface area contributed by atoms with E-state index < -0.39 is 12.2 Å². The van der Waals surface area contributed by atoms with Crippen molar-refractivity contribution in [3.05, 3.63) is 47.4 Å². The van der Waals surface area contributed by atoms with Gasteiger partial charge < -0.3 is 15.2 Å². The fourth-order valence-corrected chi connectivity index (χ4v) is 2.94. The summed E-state index contributed by atoms with van der Waals surface area (Å²) in [5.41, 5.74) is 1.48. The van der Waals surface area contributed by atoms with Crippen molar-refractivity contribution in [2.75, 3.05) is 12.4 Å². The monoisotopic (exact) mass is 316 g/mol. The molecule has 3 aromatic heterocycles. The summed E-state index contributed by atoms with van der Waals surface area (Å²) in [5.74, 6) is -0.509. The predicted octanol–water partition coefficient (Wildman–Crippen LogP) is 1.98. The lowest BCUT2D eigenvalue weighted by Gasteiger charge is -2.14. The molecule has 0 radical (unpaired) electrons. The maximum Gasteiger partial charge on any atom is 0.350 e. The number of ether oxygens (including phenoxy) is 1. The minimum atomic E-state index is -1.03. The van der Waals surface area contributed by atoms with Gasteiger partial charge in [0.15, 0.2) is 6.23 Å². The first kappa shape index (κ1) is 14.4. The summed E-state index contributed by atoms with van der Waals surface area (Å²) < 4.78 is 4.78. The number of pyridine rings is 1. The molecule has 0 aliphatic carbocycles. The van der Waals surface area contributed by atoms with Gasteiger partial charge in [0, 0.05) is 30.4 Å². The van der Waals surface area contributed by atoms with Gasteiger partial charge in [-0.1, -0.05) is 6.07 Å². The number of nitrogens with one attached hydrogen (secondary N) is 1. The van der Waals surface area contributed by atoms with E-state index in [1.54, 1.807) is 24.5 Å². The zero-order chi connectivity index (χ0) is 15.5. The summed E-state index contributed by atoms with van der Waals surface area (Å²) in [6, 6.07) is 3.44. The third kappa shape index (κ3) is 2.61. The molecule has 8 heteroatoms. The first-order valence-corrected chi connectivity index (χ1v) is 7.18. The highest BCUT2D eigenvalue weighted by atomic mass is 32.1. The number of thiophene rings is 1. The topological polar surface area (TPSA) is 97.2 Å². The van der Waals surface area contributed by atoms with Crippen molar-refractivity contribution in [2.24, 2.45) is 0 Å². The smallest absolute Gasteiger partial charge is 0.350 e. The van der Waals surface area contributed by atoms with E-state index in [0.29, 0.717) is 26.5 Å². The van der Waals surface area contributed by atoms with Gasteiger partial charge in [-0.05, 0) is 6.07 Å². The van der Waals surface area contributed by atoms with E-state index in [0.717, 1.165) is 11.3 Å². The lowest BCUT2D eigenvalue weighted by Crippen LogP contribution is -2.12. The lowest BCUT2D eigenvalue weighted by atomic mass is 10.2. The Balaban J connectivity index is 2.03. The summed E-state index contributed by atoms with van der Waals surface area (Å²) in [4.78, 5) is 25.2. The molecule has 0 fully saturated rings. The summed E-state index contributed by atoms with van der Waals surface area (Å²) in [6.07, 6.45) is 5.19.